The predicted molar refractivity (Wildman–Crippen MR) is 150 cm³/mol. The molecular formula is C29H42N2O6Si. The molecule has 0 spiro atoms. The van der Waals surface area contributed by atoms with Gasteiger partial charge in [0.2, 0.25) is 0 Å². The van der Waals surface area contributed by atoms with E-state index in [-0.39, 0.29) is 13.2 Å². The molecule has 3 atom stereocenters. The molecule has 1 saturated heterocycles. The summed E-state index contributed by atoms with van der Waals surface area (Å²) in [4.78, 5) is 39.5. The Labute approximate surface area is 227 Å². The molecule has 0 bridgehead atoms. The Morgan fingerprint density at radius 2 is 1.53 bits per heavy atom. The Hall–Kier alpha value is -2.88. The molecule has 0 aliphatic carbocycles. The number of aliphatic hydroxyl groups is 1. The monoisotopic (exact) mass is 542 g/mol. The minimum absolute atomic E-state index is 0.0240. The fraction of sp³-hybridized carbons (Fsp3) is 0.517. The van der Waals surface area contributed by atoms with Crippen LogP contribution in [0.2, 0.25) is 5.04 Å². The first kappa shape index (κ1) is 29.7. The average Bonchev–Trinajstić information content (AvgIpc) is 3.17. The summed E-state index contributed by atoms with van der Waals surface area (Å²) in [5.74, 6) is 0. The summed E-state index contributed by atoms with van der Waals surface area (Å²) in [5, 5.41) is 14.9. The number of aliphatic hydroxyl groups excluding tert-OH is 1. The summed E-state index contributed by atoms with van der Waals surface area (Å²) in [5.41, 5.74) is -0.716. The third-order valence-electron chi connectivity index (χ3n) is 7.23. The van der Waals surface area contributed by atoms with E-state index in [9.17, 15) is 19.5 Å². The zero-order chi connectivity index (χ0) is 28.1. The zero-order valence-corrected chi connectivity index (χ0v) is 24.3. The number of rotatable bonds is 8. The second-order valence-electron chi connectivity index (χ2n) is 11.5. The summed E-state index contributed by atoms with van der Waals surface area (Å²) in [6.07, 6.45) is -1.23. The van der Waals surface area contributed by atoms with Crippen molar-refractivity contribution in [1.82, 2.24) is 10.2 Å². The molecular weight excluding hydrogens is 500 g/mol. The van der Waals surface area contributed by atoms with E-state index in [2.05, 4.69) is 19.2 Å². The normalized spacial score (nSPS) is 20.2. The van der Waals surface area contributed by atoms with Gasteiger partial charge in [-0.05, 0) is 55.9 Å². The number of benzene rings is 2. The van der Waals surface area contributed by atoms with Gasteiger partial charge in [0.15, 0.2) is 0 Å². The van der Waals surface area contributed by atoms with Crippen molar-refractivity contribution in [2.24, 2.45) is 0 Å². The maximum atomic E-state index is 13.1. The molecule has 3 rings (SSSR count). The molecule has 2 amide bonds. The summed E-state index contributed by atoms with van der Waals surface area (Å²) in [6, 6.07) is 18.2. The van der Waals surface area contributed by atoms with E-state index < -0.39 is 49.3 Å². The number of hydrogen-bond acceptors (Lipinski definition) is 6. The van der Waals surface area contributed by atoms with Crippen LogP contribution in [0.5, 0.6) is 0 Å². The van der Waals surface area contributed by atoms with E-state index in [0.717, 1.165) is 10.4 Å². The maximum Gasteiger partial charge on any atom is 0.410 e. The molecule has 8 nitrogen and oxygen atoms in total. The number of likely N-dealkylation sites (tertiary alicyclic amines) is 1. The van der Waals surface area contributed by atoms with Crippen molar-refractivity contribution >= 4 is 30.9 Å². The molecule has 38 heavy (non-hydrogen) atoms. The highest BCUT2D eigenvalue weighted by Gasteiger charge is 2.52. The minimum Gasteiger partial charge on any atom is -0.450 e. The van der Waals surface area contributed by atoms with Crippen LogP contribution in [0.1, 0.15) is 54.4 Å². The molecule has 2 aromatic rings. The van der Waals surface area contributed by atoms with Gasteiger partial charge in [-0.25, -0.2) is 9.59 Å². The number of alkyl carbamates (subject to hydrolysis) is 1. The van der Waals surface area contributed by atoms with Gasteiger partial charge < -0.3 is 29.6 Å². The minimum atomic E-state index is -3.28. The van der Waals surface area contributed by atoms with Crippen LogP contribution in [0, 0.1) is 0 Å². The molecule has 2 aromatic carbocycles. The van der Waals surface area contributed by atoms with Gasteiger partial charge in [-0.3, -0.25) is 0 Å². The lowest BCUT2D eigenvalue weighted by atomic mass is 9.97. The van der Waals surface area contributed by atoms with Crippen molar-refractivity contribution in [3.63, 3.8) is 0 Å². The van der Waals surface area contributed by atoms with Crippen LogP contribution in [0.3, 0.4) is 0 Å². The molecule has 9 heteroatoms. The number of hydrogen-bond donors (Lipinski definition) is 3. The van der Waals surface area contributed by atoms with Crippen molar-refractivity contribution in [1.29, 1.82) is 0 Å². The second-order valence-corrected chi connectivity index (χ2v) is 15.5. The van der Waals surface area contributed by atoms with E-state index in [1.165, 1.54) is 4.90 Å². The number of ether oxygens (including phenoxy) is 2. The van der Waals surface area contributed by atoms with Gasteiger partial charge in [-0.1, -0.05) is 74.5 Å². The topological polar surface area (TPSA) is 108 Å². The molecule has 1 aliphatic heterocycles. The molecule has 0 unspecified atom stereocenters. The molecule has 1 fully saturated rings. The summed E-state index contributed by atoms with van der Waals surface area (Å²) in [7, 11) is -3.28. The number of amides is 2. The van der Waals surface area contributed by atoms with Crippen LogP contribution in [0.4, 0.5) is 9.59 Å². The Bertz CT molecular complexity index is 1030. The van der Waals surface area contributed by atoms with E-state index in [1.54, 1.807) is 27.7 Å². The fourth-order valence-corrected chi connectivity index (χ4v) is 9.02. The lowest BCUT2D eigenvalue weighted by Crippen LogP contribution is -2.65. The highest BCUT2D eigenvalue weighted by Crippen LogP contribution is 2.41. The molecule has 0 saturated carbocycles. The first-order chi connectivity index (χ1) is 17.8. The first-order valence-electron chi connectivity index (χ1n) is 13.2. The van der Waals surface area contributed by atoms with Crippen molar-refractivity contribution in [3.05, 3.63) is 60.7 Å². The average molecular weight is 543 g/mol. The summed E-state index contributed by atoms with van der Waals surface area (Å²) < 4.78 is 10.7. The van der Waals surface area contributed by atoms with Gasteiger partial charge in [0, 0.05) is 0 Å². The van der Waals surface area contributed by atoms with E-state index in [1.807, 2.05) is 60.7 Å². The van der Waals surface area contributed by atoms with Crippen LogP contribution in [0.15, 0.2) is 60.7 Å². The van der Waals surface area contributed by atoms with Crippen molar-refractivity contribution in [2.45, 2.75) is 83.2 Å². The smallest absolute Gasteiger partial charge is 0.410 e. The van der Waals surface area contributed by atoms with Crippen LogP contribution in [-0.2, 0) is 9.47 Å². The van der Waals surface area contributed by atoms with Gasteiger partial charge in [0.1, 0.15) is 5.60 Å². The Morgan fingerprint density at radius 1 is 1.00 bits per heavy atom. The van der Waals surface area contributed by atoms with Crippen molar-refractivity contribution < 1.29 is 29.0 Å². The van der Waals surface area contributed by atoms with Gasteiger partial charge in [0.25, 0.3) is 8.32 Å². The van der Waals surface area contributed by atoms with Crippen molar-refractivity contribution in [2.75, 3.05) is 13.2 Å². The number of carbonyl (C=O) groups is 2. The quantitative estimate of drug-likeness (QED) is 0.442. The Kier molecular flexibility index (Phi) is 9.28. The third kappa shape index (κ3) is 6.57. The number of β-amino-alcohol motifs (C(OH)–C–C–N with tert-alkyl or cyclic N) is 1. The predicted octanol–water partition coefficient (Wildman–Crippen LogP) is 3.39. The molecule has 1 aliphatic rings. The van der Waals surface area contributed by atoms with Crippen LogP contribution in [-0.4, -0.2) is 72.2 Å². The lowest BCUT2D eigenvalue weighted by molar-refractivity contribution is 0.0193. The van der Waals surface area contributed by atoms with Gasteiger partial charge in [-0.2, -0.15) is 0 Å². The number of nitrogens with zero attached hydrogens (tertiary/aromatic N) is 1. The third-order valence-corrected chi connectivity index (χ3v) is 11.8. The first-order valence-corrected chi connectivity index (χ1v) is 15.2. The van der Waals surface area contributed by atoms with E-state index >= 15 is 0 Å². The fourth-order valence-electron chi connectivity index (χ4n) is 5.26. The molecule has 0 aromatic heterocycles. The summed E-state index contributed by atoms with van der Waals surface area (Å²) in [6.45, 7) is 11.4. The Balaban J connectivity index is 1.94. The largest absolute Gasteiger partial charge is 0.450 e. The van der Waals surface area contributed by atoms with Crippen LogP contribution in [0.25, 0.3) is 0 Å². The van der Waals surface area contributed by atoms with Gasteiger partial charge in [0.05, 0.1) is 31.3 Å². The molecule has 0 radical (unpaired) electrons. The lowest BCUT2D eigenvalue weighted by Gasteiger charge is -2.42. The van der Waals surface area contributed by atoms with Crippen molar-refractivity contribution in [3.8, 4) is 0 Å². The van der Waals surface area contributed by atoms with E-state index in [4.69, 9.17) is 9.47 Å². The molecule has 3 N–H and O–H groups in total. The molecule has 1 heterocycles. The SMILES string of the molecule is CCOC(=O)N[C@@H]1[C@@H](CCC(C)(C)[Si](O)(c2ccccc2)c2ccccc2)N(C(=O)OC(C)(C)C)C[C@@H]1O. The number of nitrogens with one attached hydrogen (secondary N) is 1. The highest BCUT2D eigenvalue weighted by molar-refractivity contribution is 6.98. The van der Waals surface area contributed by atoms with Crippen LogP contribution >= 0.6 is 0 Å². The Morgan fingerprint density at radius 3 is 2.00 bits per heavy atom. The standard InChI is InChI=1S/C29H42N2O6Si/c1-7-36-26(33)30-25-23(31(20-24(25)32)27(34)37-28(2,3)4)18-19-29(5,6)38(35,21-14-10-8-11-15-21)22-16-12-9-13-17-22/h8-17,23-25,32,35H,7,18-20H2,1-6H3,(H,30,33)/t23-,24+,25-/m1/s1. The highest BCUT2D eigenvalue weighted by atomic mass is 28.4. The summed E-state index contributed by atoms with van der Waals surface area (Å²) >= 11 is 0. The zero-order valence-electron chi connectivity index (χ0n) is 23.3. The van der Waals surface area contributed by atoms with Gasteiger partial charge >= 0.3 is 12.2 Å². The van der Waals surface area contributed by atoms with Crippen LogP contribution < -0.4 is 15.7 Å². The van der Waals surface area contributed by atoms with E-state index in [0.29, 0.717) is 12.8 Å². The number of carbonyl (C=O) groups excluding carboxylic acids is 2. The maximum absolute atomic E-state index is 13.1. The second kappa shape index (κ2) is 11.9. The molecule has 208 valence electrons. The van der Waals surface area contributed by atoms with Gasteiger partial charge in [-0.15, -0.1) is 0 Å².